The molecule has 0 saturated heterocycles. The number of nitrogens with one attached hydrogen (secondary N) is 1. The molecule has 3 aromatic rings. The molecule has 0 aliphatic carbocycles. The van der Waals surface area contributed by atoms with Crippen LogP contribution >= 0.6 is 22.9 Å². The summed E-state index contributed by atoms with van der Waals surface area (Å²) >= 11 is 7.43. The van der Waals surface area contributed by atoms with Crippen molar-refractivity contribution in [1.82, 2.24) is 9.97 Å². The van der Waals surface area contributed by atoms with Crippen LogP contribution in [-0.2, 0) is 0 Å². The van der Waals surface area contributed by atoms with Gasteiger partial charge in [-0.3, -0.25) is 0 Å². The molecule has 0 spiro atoms. The average molecular weight is 290 g/mol. The van der Waals surface area contributed by atoms with Gasteiger partial charge in [-0.25, -0.2) is 4.98 Å². The molecule has 5 heteroatoms. The van der Waals surface area contributed by atoms with E-state index < -0.39 is 0 Å². The number of hydrogen-bond donors (Lipinski definition) is 2. The van der Waals surface area contributed by atoms with Crippen molar-refractivity contribution in [3.05, 3.63) is 63.7 Å². The molecule has 0 aliphatic rings. The fourth-order valence-corrected chi connectivity index (χ4v) is 2.79. The van der Waals surface area contributed by atoms with Gasteiger partial charge in [0.05, 0.1) is 22.3 Å². The first-order valence-electron chi connectivity index (χ1n) is 5.84. The lowest BCUT2D eigenvalue weighted by molar-refractivity contribution is 0.801. The van der Waals surface area contributed by atoms with Crippen LogP contribution in [0.1, 0.15) is 17.4 Å². The number of nitrogens with zero attached hydrogens (tertiary/aromatic N) is 1. The third-order valence-electron chi connectivity index (χ3n) is 2.93. The van der Waals surface area contributed by atoms with Crippen LogP contribution in [-0.4, -0.2) is 9.97 Å². The van der Waals surface area contributed by atoms with E-state index in [0.29, 0.717) is 0 Å². The van der Waals surface area contributed by atoms with E-state index in [9.17, 15) is 0 Å². The highest BCUT2D eigenvalue weighted by atomic mass is 35.5. The van der Waals surface area contributed by atoms with Gasteiger partial charge in [0.15, 0.2) is 0 Å². The quantitative estimate of drug-likeness (QED) is 0.770. The third-order valence-corrected chi connectivity index (χ3v) is 4.02. The summed E-state index contributed by atoms with van der Waals surface area (Å²) in [5.74, 6) is 0.753. The molecule has 0 saturated carbocycles. The number of nitrogens with two attached hydrogens (primary N) is 1. The normalized spacial score (nSPS) is 12.5. The van der Waals surface area contributed by atoms with Gasteiger partial charge < -0.3 is 10.7 Å². The lowest BCUT2D eigenvalue weighted by Crippen LogP contribution is -2.13. The molecule has 96 valence electrons. The Morgan fingerprint density at radius 3 is 2.74 bits per heavy atom. The molecular formula is C14H12ClN3S. The van der Waals surface area contributed by atoms with Gasteiger partial charge in [-0.15, -0.1) is 11.3 Å². The molecule has 0 amide bonds. The summed E-state index contributed by atoms with van der Waals surface area (Å²) in [5.41, 5.74) is 9.20. The maximum atomic E-state index is 6.20. The average Bonchev–Trinajstić information content (AvgIpc) is 3.07. The van der Waals surface area contributed by atoms with Crippen molar-refractivity contribution in [2.45, 2.75) is 6.04 Å². The van der Waals surface area contributed by atoms with Crippen LogP contribution in [0.5, 0.6) is 0 Å². The molecule has 0 bridgehead atoms. The minimum atomic E-state index is -0.246. The number of aromatic nitrogens is 2. The lowest BCUT2D eigenvalue weighted by Gasteiger charge is -2.08. The van der Waals surface area contributed by atoms with Gasteiger partial charge in [0.2, 0.25) is 0 Å². The number of rotatable bonds is 3. The number of benzene rings is 1. The Balaban J connectivity index is 1.89. The summed E-state index contributed by atoms with van der Waals surface area (Å²) in [6.07, 6.45) is 1.79. The number of H-pyrrole nitrogens is 1. The van der Waals surface area contributed by atoms with E-state index in [1.54, 1.807) is 6.20 Å². The van der Waals surface area contributed by atoms with E-state index >= 15 is 0 Å². The molecule has 19 heavy (non-hydrogen) atoms. The molecule has 2 heterocycles. The van der Waals surface area contributed by atoms with Crippen LogP contribution < -0.4 is 5.73 Å². The van der Waals surface area contributed by atoms with Crippen LogP contribution in [0.3, 0.4) is 0 Å². The van der Waals surface area contributed by atoms with Crippen molar-refractivity contribution in [3.63, 3.8) is 0 Å². The third kappa shape index (κ3) is 2.56. The number of halogens is 1. The highest BCUT2D eigenvalue weighted by molar-refractivity contribution is 7.14. The SMILES string of the molecule is NC(c1ccccc1)c1ncc(-c2csc(Cl)c2)[nH]1. The Kier molecular flexibility index (Phi) is 3.38. The highest BCUT2D eigenvalue weighted by Gasteiger charge is 2.13. The molecule has 0 fully saturated rings. The van der Waals surface area contributed by atoms with E-state index in [1.807, 2.05) is 41.8 Å². The zero-order chi connectivity index (χ0) is 13.2. The molecule has 1 unspecified atom stereocenters. The molecule has 2 aromatic heterocycles. The van der Waals surface area contributed by atoms with E-state index in [-0.39, 0.29) is 6.04 Å². The monoisotopic (exact) mass is 289 g/mol. The molecule has 3 nitrogen and oxygen atoms in total. The second kappa shape index (κ2) is 5.17. The molecule has 0 aliphatic heterocycles. The fraction of sp³-hybridized carbons (Fsp3) is 0.0714. The molecule has 1 atom stereocenters. The van der Waals surface area contributed by atoms with Gasteiger partial charge >= 0.3 is 0 Å². The second-order valence-corrected chi connectivity index (χ2v) is 5.75. The van der Waals surface area contributed by atoms with Crippen molar-refractivity contribution < 1.29 is 0 Å². The molecule has 1 aromatic carbocycles. The first-order chi connectivity index (χ1) is 9.24. The molecular weight excluding hydrogens is 278 g/mol. The van der Waals surface area contributed by atoms with Gasteiger partial charge in [-0.2, -0.15) is 0 Å². The van der Waals surface area contributed by atoms with Crippen molar-refractivity contribution in [3.8, 4) is 11.3 Å². The fourth-order valence-electron chi connectivity index (χ4n) is 1.91. The zero-order valence-electron chi connectivity index (χ0n) is 10.0. The van der Waals surface area contributed by atoms with Crippen LogP contribution in [0, 0.1) is 0 Å². The van der Waals surface area contributed by atoms with Gasteiger partial charge in [0.25, 0.3) is 0 Å². The van der Waals surface area contributed by atoms with E-state index in [1.165, 1.54) is 11.3 Å². The Hall–Kier alpha value is -1.62. The highest BCUT2D eigenvalue weighted by Crippen LogP contribution is 2.28. The first kappa shape index (κ1) is 12.4. The van der Waals surface area contributed by atoms with Crippen LogP contribution in [0.15, 0.2) is 48.0 Å². The minimum absolute atomic E-state index is 0.246. The summed E-state index contributed by atoms with van der Waals surface area (Å²) in [6, 6.07) is 11.6. The molecule has 3 N–H and O–H groups in total. The van der Waals surface area contributed by atoms with Gasteiger partial charge in [-0.1, -0.05) is 41.9 Å². The van der Waals surface area contributed by atoms with Crippen molar-refractivity contribution in [2.24, 2.45) is 5.73 Å². The Bertz CT molecular complexity index is 675. The predicted molar refractivity (Wildman–Crippen MR) is 79.4 cm³/mol. The number of thiophene rings is 1. The van der Waals surface area contributed by atoms with Gasteiger partial charge in [0.1, 0.15) is 5.82 Å². The lowest BCUT2D eigenvalue weighted by atomic mass is 10.1. The van der Waals surface area contributed by atoms with Crippen molar-refractivity contribution in [1.29, 1.82) is 0 Å². The van der Waals surface area contributed by atoms with E-state index in [4.69, 9.17) is 17.3 Å². The van der Waals surface area contributed by atoms with Crippen LogP contribution in [0.4, 0.5) is 0 Å². The largest absolute Gasteiger partial charge is 0.340 e. The summed E-state index contributed by atoms with van der Waals surface area (Å²) in [6.45, 7) is 0. The summed E-state index contributed by atoms with van der Waals surface area (Å²) in [5, 5.41) is 1.99. The maximum absolute atomic E-state index is 6.20. The Labute approximate surface area is 120 Å². The van der Waals surface area contributed by atoms with Crippen molar-refractivity contribution >= 4 is 22.9 Å². The van der Waals surface area contributed by atoms with E-state index in [2.05, 4.69) is 9.97 Å². The predicted octanol–water partition coefficient (Wildman–Crippen LogP) is 3.84. The summed E-state index contributed by atoms with van der Waals surface area (Å²) in [4.78, 5) is 7.61. The van der Waals surface area contributed by atoms with E-state index in [0.717, 1.165) is 27.0 Å². The number of imidazole rings is 1. The molecule has 3 rings (SSSR count). The van der Waals surface area contributed by atoms with Crippen LogP contribution in [0.2, 0.25) is 4.34 Å². The summed E-state index contributed by atoms with van der Waals surface area (Å²) < 4.78 is 0.763. The maximum Gasteiger partial charge on any atom is 0.128 e. The standard InChI is InChI=1S/C14H12ClN3S/c15-12-6-10(8-19-12)11-7-17-14(18-11)13(16)9-4-2-1-3-5-9/h1-8,13H,16H2,(H,17,18). The smallest absolute Gasteiger partial charge is 0.128 e. The topological polar surface area (TPSA) is 54.7 Å². The number of hydrogen-bond acceptors (Lipinski definition) is 3. The van der Waals surface area contributed by atoms with Crippen molar-refractivity contribution in [2.75, 3.05) is 0 Å². The minimum Gasteiger partial charge on any atom is -0.340 e. The second-order valence-electron chi connectivity index (χ2n) is 4.21. The number of aromatic amines is 1. The zero-order valence-corrected chi connectivity index (χ0v) is 11.6. The first-order valence-corrected chi connectivity index (χ1v) is 7.09. The molecule has 0 radical (unpaired) electrons. The Morgan fingerprint density at radius 1 is 1.26 bits per heavy atom. The Morgan fingerprint density at radius 2 is 2.05 bits per heavy atom. The van der Waals surface area contributed by atoms with Gasteiger partial charge in [0, 0.05) is 10.9 Å². The summed E-state index contributed by atoms with van der Waals surface area (Å²) in [7, 11) is 0. The van der Waals surface area contributed by atoms with Crippen LogP contribution in [0.25, 0.3) is 11.3 Å². The van der Waals surface area contributed by atoms with Gasteiger partial charge in [-0.05, 0) is 11.6 Å².